The maximum atomic E-state index is 5.03. The van der Waals surface area contributed by atoms with Crippen LogP contribution >= 0.6 is 0 Å². The maximum Gasteiger partial charge on any atom is 0.0589 e. The topological polar surface area (TPSA) is 12.5 Å². The molecule has 1 aliphatic heterocycles. The van der Waals surface area contributed by atoms with Gasteiger partial charge in [0.2, 0.25) is 0 Å². The van der Waals surface area contributed by atoms with Crippen LogP contribution in [0.4, 0.5) is 0 Å². The number of hydrogen-bond donors (Lipinski definition) is 0. The first-order valence-corrected chi connectivity index (χ1v) is 5.95. The zero-order valence-corrected chi connectivity index (χ0v) is 10.4. The first-order chi connectivity index (χ1) is 6.74. The Labute approximate surface area is 89.6 Å². The molecule has 1 fully saturated rings. The van der Waals surface area contributed by atoms with Crippen molar-refractivity contribution in [3.8, 4) is 0 Å². The van der Waals surface area contributed by atoms with E-state index in [4.69, 9.17) is 4.74 Å². The lowest BCUT2D eigenvalue weighted by molar-refractivity contribution is 0.123. The molecule has 2 heteroatoms. The number of nitrogens with zero attached hydrogens (tertiary/aromatic N) is 1. The van der Waals surface area contributed by atoms with Crippen LogP contribution in [0.3, 0.4) is 0 Å². The second-order valence-corrected chi connectivity index (χ2v) is 4.22. The zero-order valence-electron chi connectivity index (χ0n) is 10.4. The number of ether oxygens (including phenoxy) is 1. The third-order valence-electron chi connectivity index (χ3n) is 2.49. The van der Waals surface area contributed by atoms with Crippen molar-refractivity contribution in [2.75, 3.05) is 33.4 Å². The molecule has 0 aromatic carbocycles. The van der Waals surface area contributed by atoms with E-state index in [1.165, 1.54) is 32.4 Å². The van der Waals surface area contributed by atoms with Crippen LogP contribution in [0.2, 0.25) is 0 Å². The number of likely N-dealkylation sites (tertiary alicyclic amines) is 1. The molecular weight excluding hydrogens is 174 g/mol. The molecule has 2 nitrogen and oxygen atoms in total. The monoisotopic (exact) mass is 201 g/mol. The lowest BCUT2D eigenvalue weighted by atomic mass is 9.99. The average Bonchev–Trinajstić information content (AvgIpc) is 2.18. The zero-order chi connectivity index (χ0) is 10.8. The number of piperidine rings is 1. The fourth-order valence-corrected chi connectivity index (χ4v) is 1.51. The molecule has 0 spiro atoms. The summed E-state index contributed by atoms with van der Waals surface area (Å²) in [5.41, 5.74) is 0. The Bertz CT molecular complexity index is 106. The van der Waals surface area contributed by atoms with Crippen molar-refractivity contribution in [3.63, 3.8) is 0 Å². The van der Waals surface area contributed by atoms with E-state index in [2.05, 4.69) is 25.7 Å². The Morgan fingerprint density at radius 1 is 1.21 bits per heavy atom. The first kappa shape index (κ1) is 13.9. The summed E-state index contributed by atoms with van der Waals surface area (Å²) in [5.74, 6) is 0.939. The van der Waals surface area contributed by atoms with E-state index in [0.29, 0.717) is 0 Å². The van der Waals surface area contributed by atoms with E-state index in [-0.39, 0.29) is 0 Å². The van der Waals surface area contributed by atoms with E-state index in [1.54, 1.807) is 7.11 Å². The molecule has 0 aromatic heterocycles. The third kappa shape index (κ3) is 7.34. The molecule has 0 amide bonds. The van der Waals surface area contributed by atoms with Crippen molar-refractivity contribution in [3.05, 3.63) is 0 Å². The summed E-state index contributed by atoms with van der Waals surface area (Å²) in [7, 11) is 1.77. The van der Waals surface area contributed by atoms with Crippen molar-refractivity contribution in [1.29, 1.82) is 0 Å². The van der Waals surface area contributed by atoms with Gasteiger partial charge in [0.15, 0.2) is 0 Å². The molecule has 0 saturated carbocycles. The molecule has 0 N–H and O–H groups in total. The highest BCUT2D eigenvalue weighted by atomic mass is 16.5. The molecule has 1 rings (SSSR count). The lowest BCUT2D eigenvalue weighted by Crippen LogP contribution is -2.35. The van der Waals surface area contributed by atoms with Gasteiger partial charge in [-0.3, -0.25) is 0 Å². The Balaban J connectivity index is 0.000000500. The fraction of sp³-hybridized carbons (Fsp3) is 1.00. The second-order valence-electron chi connectivity index (χ2n) is 4.22. The van der Waals surface area contributed by atoms with E-state index >= 15 is 0 Å². The molecule has 0 unspecified atom stereocenters. The van der Waals surface area contributed by atoms with Crippen molar-refractivity contribution < 1.29 is 4.74 Å². The molecule has 0 bridgehead atoms. The highest BCUT2D eigenvalue weighted by Gasteiger charge is 2.14. The highest BCUT2D eigenvalue weighted by molar-refractivity contribution is 4.68. The first-order valence-electron chi connectivity index (χ1n) is 5.95. The van der Waals surface area contributed by atoms with Gasteiger partial charge in [-0.05, 0) is 31.8 Å². The number of methoxy groups -OCH3 is 1. The van der Waals surface area contributed by atoms with E-state index < -0.39 is 0 Å². The predicted molar refractivity (Wildman–Crippen MR) is 62.7 cm³/mol. The quantitative estimate of drug-likeness (QED) is 0.696. The minimum absolute atomic E-state index is 0.883. The van der Waals surface area contributed by atoms with Crippen molar-refractivity contribution in [2.24, 2.45) is 5.92 Å². The standard InChI is InChI=1S/C9H19NO.C3H8/c1-9-3-5-10(6-4-9)7-8-11-2;1-3-2/h9H,3-8H2,1-2H3;3H2,1-2H3. The van der Waals surface area contributed by atoms with Gasteiger partial charge in [0, 0.05) is 13.7 Å². The van der Waals surface area contributed by atoms with Crippen LogP contribution in [-0.2, 0) is 4.74 Å². The predicted octanol–water partition coefficient (Wildman–Crippen LogP) is 2.78. The highest BCUT2D eigenvalue weighted by Crippen LogP contribution is 2.15. The van der Waals surface area contributed by atoms with Crippen molar-refractivity contribution >= 4 is 0 Å². The van der Waals surface area contributed by atoms with E-state index in [9.17, 15) is 0 Å². The second kappa shape index (κ2) is 9.47. The summed E-state index contributed by atoms with van der Waals surface area (Å²) in [4.78, 5) is 2.49. The molecule has 1 saturated heterocycles. The molecule has 1 aliphatic rings. The molecule has 14 heavy (non-hydrogen) atoms. The Kier molecular flexibility index (Phi) is 9.42. The van der Waals surface area contributed by atoms with Crippen molar-refractivity contribution in [2.45, 2.75) is 40.0 Å². The van der Waals surface area contributed by atoms with Gasteiger partial charge in [-0.2, -0.15) is 0 Å². The third-order valence-corrected chi connectivity index (χ3v) is 2.49. The van der Waals surface area contributed by atoms with Crippen LogP contribution in [0.1, 0.15) is 40.0 Å². The molecule has 0 atom stereocenters. The van der Waals surface area contributed by atoms with E-state index in [0.717, 1.165) is 19.1 Å². The number of rotatable bonds is 3. The summed E-state index contributed by atoms with van der Waals surface area (Å²) < 4.78 is 5.03. The van der Waals surface area contributed by atoms with Crippen LogP contribution in [0, 0.1) is 5.92 Å². The van der Waals surface area contributed by atoms with Gasteiger partial charge in [0.1, 0.15) is 0 Å². The van der Waals surface area contributed by atoms with Crippen LogP contribution in [0.5, 0.6) is 0 Å². The van der Waals surface area contributed by atoms with Crippen LogP contribution in [-0.4, -0.2) is 38.3 Å². The van der Waals surface area contributed by atoms with Crippen LogP contribution in [0.25, 0.3) is 0 Å². The fourth-order valence-electron chi connectivity index (χ4n) is 1.51. The van der Waals surface area contributed by atoms with Gasteiger partial charge in [0.05, 0.1) is 6.61 Å². The van der Waals surface area contributed by atoms with Crippen LogP contribution in [0.15, 0.2) is 0 Å². The minimum Gasteiger partial charge on any atom is -0.383 e. The van der Waals surface area contributed by atoms with E-state index in [1.807, 2.05) is 0 Å². The summed E-state index contributed by atoms with van der Waals surface area (Å²) >= 11 is 0. The average molecular weight is 201 g/mol. The maximum absolute atomic E-state index is 5.03. The summed E-state index contributed by atoms with van der Waals surface area (Å²) in [5, 5.41) is 0. The van der Waals surface area contributed by atoms with Gasteiger partial charge in [0.25, 0.3) is 0 Å². The summed E-state index contributed by atoms with van der Waals surface area (Å²) in [6.07, 6.45) is 3.98. The Hall–Kier alpha value is -0.0800. The van der Waals surface area contributed by atoms with Crippen molar-refractivity contribution in [1.82, 2.24) is 4.90 Å². The van der Waals surface area contributed by atoms with Gasteiger partial charge in [-0.15, -0.1) is 0 Å². The Morgan fingerprint density at radius 3 is 2.14 bits per heavy atom. The molecule has 86 valence electrons. The van der Waals surface area contributed by atoms with Gasteiger partial charge >= 0.3 is 0 Å². The van der Waals surface area contributed by atoms with Gasteiger partial charge < -0.3 is 9.64 Å². The molecular formula is C12H27NO. The SMILES string of the molecule is CCC.COCCN1CCC(C)CC1. The molecule has 0 radical (unpaired) electrons. The Morgan fingerprint density at radius 2 is 1.71 bits per heavy atom. The molecule has 0 aromatic rings. The minimum atomic E-state index is 0.883. The number of hydrogen-bond acceptors (Lipinski definition) is 2. The molecule has 0 aliphatic carbocycles. The lowest BCUT2D eigenvalue weighted by Gasteiger charge is -2.29. The largest absolute Gasteiger partial charge is 0.383 e. The van der Waals surface area contributed by atoms with Gasteiger partial charge in [-0.25, -0.2) is 0 Å². The molecule has 1 heterocycles. The van der Waals surface area contributed by atoms with Crippen LogP contribution < -0.4 is 0 Å². The summed E-state index contributed by atoms with van der Waals surface area (Å²) in [6.45, 7) is 11.1. The normalized spacial score (nSPS) is 18.9. The summed E-state index contributed by atoms with van der Waals surface area (Å²) in [6, 6.07) is 0. The van der Waals surface area contributed by atoms with Gasteiger partial charge in [-0.1, -0.05) is 27.2 Å². The smallest absolute Gasteiger partial charge is 0.0589 e.